The molecule has 0 saturated heterocycles. The summed E-state index contributed by atoms with van der Waals surface area (Å²) in [6, 6.07) is 3.34. The summed E-state index contributed by atoms with van der Waals surface area (Å²) in [5, 5.41) is 11.0. The van der Waals surface area contributed by atoms with Crippen molar-refractivity contribution >= 4 is 14.6 Å². The molecule has 0 spiro atoms. The average Bonchev–Trinajstić information content (AvgIpc) is 2.94. The van der Waals surface area contributed by atoms with Crippen molar-refractivity contribution < 1.29 is 18.6 Å². The molecule has 0 radical (unpaired) electrons. The quantitative estimate of drug-likeness (QED) is 0.310. The Morgan fingerprint density at radius 3 is 2.39 bits per heavy atom. The lowest BCUT2D eigenvalue weighted by molar-refractivity contribution is -0.486. The van der Waals surface area contributed by atoms with E-state index in [9.17, 15) is 14.9 Å². The number of rotatable bonds is 8. The predicted molar refractivity (Wildman–Crippen MR) is 90.6 cm³/mol. The third kappa shape index (κ3) is 4.75. The Hall–Kier alpha value is -1.47. The highest BCUT2D eigenvalue weighted by Crippen LogP contribution is 2.40. The van der Waals surface area contributed by atoms with Crippen LogP contribution in [0.15, 0.2) is 22.8 Å². The van der Waals surface area contributed by atoms with Gasteiger partial charge in [-0.1, -0.05) is 20.8 Å². The topological polar surface area (TPSA) is 82.6 Å². The molecule has 0 fully saturated rings. The van der Waals surface area contributed by atoms with Crippen LogP contribution >= 0.6 is 0 Å². The molecule has 1 rings (SSSR count). The van der Waals surface area contributed by atoms with Crippen LogP contribution in [-0.4, -0.2) is 32.7 Å². The van der Waals surface area contributed by atoms with E-state index in [1.807, 2.05) is 0 Å². The molecule has 7 heteroatoms. The van der Waals surface area contributed by atoms with Crippen molar-refractivity contribution in [2.24, 2.45) is 5.41 Å². The van der Waals surface area contributed by atoms with Crippen molar-refractivity contribution in [1.82, 2.24) is 0 Å². The van der Waals surface area contributed by atoms with Gasteiger partial charge >= 0.3 is 0 Å². The highest BCUT2D eigenvalue weighted by molar-refractivity contribution is 6.74. The van der Waals surface area contributed by atoms with Gasteiger partial charge in [0.1, 0.15) is 12.0 Å². The Morgan fingerprint density at radius 2 is 2.00 bits per heavy atom. The Balaban J connectivity index is 3.05. The second kappa shape index (κ2) is 6.96. The van der Waals surface area contributed by atoms with Gasteiger partial charge in [0.15, 0.2) is 8.32 Å². The van der Waals surface area contributed by atoms with Crippen LogP contribution in [0, 0.1) is 15.5 Å². The molecular weight excluding hydrogens is 314 g/mol. The van der Waals surface area contributed by atoms with Gasteiger partial charge in [0.2, 0.25) is 6.54 Å². The summed E-state index contributed by atoms with van der Waals surface area (Å²) in [4.78, 5) is 22.4. The molecule has 0 aromatic carbocycles. The fraction of sp³-hybridized carbons (Fsp3) is 0.688. The summed E-state index contributed by atoms with van der Waals surface area (Å²) < 4.78 is 11.5. The van der Waals surface area contributed by atoms with Crippen molar-refractivity contribution in [3.63, 3.8) is 0 Å². The lowest BCUT2D eigenvalue weighted by Crippen LogP contribution is -2.46. The van der Waals surface area contributed by atoms with Gasteiger partial charge in [-0.2, -0.15) is 0 Å². The van der Waals surface area contributed by atoms with Crippen molar-refractivity contribution in [2.45, 2.75) is 51.7 Å². The molecule has 0 saturated carbocycles. The van der Waals surface area contributed by atoms with Crippen LogP contribution in [0.3, 0.4) is 0 Å². The number of nitro groups is 1. The summed E-state index contributed by atoms with van der Waals surface area (Å²) in [5.41, 5.74) is -1.01. The zero-order chi connectivity index (χ0) is 17.9. The van der Waals surface area contributed by atoms with E-state index in [1.165, 1.54) is 6.26 Å². The fourth-order valence-electron chi connectivity index (χ4n) is 2.03. The van der Waals surface area contributed by atoms with Crippen LogP contribution in [0.4, 0.5) is 0 Å². The second-order valence-corrected chi connectivity index (χ2v) is 12.6. The van der Waals surface area contributed by atoms with Crippen molar-refractivity contribution in [2.75, 3.05) is 13.2 Å². The predicted octanol–water partition coefficient (Wildman–Crippen LogP) is 3.87. The van der Waals surface area contributed by atoms with E-state index < -0.39 is 24.6 Å². The zero-order valence-corrected chi connectivity index (χ0v) is 15.8. The van der Waals surface area contributed by atoms with E-state index in [4.69, 9.17) is 8.84 Å². The Labute approximate surface area is 138 Å². The lowest BCUT2D eigenvalue weighted by atomic mass is 9.77. The molecule has 23 heavy (non-hydrogen) atoms. The first kappa shape index (κ1) is 19.6. The molecule has 0 aliphatic heterocycles. The molecule has 1 aromatic heterocycles. The van der Waals surface area contributed by atoms with Crippen LogP contribution in [-0.2, 0) is 9.22 Å². The number of hydrogen-bond donors (Lipinski definition) is 0. The molecule has 0 unspecified atom stereocenters. The molecule has 0 N–H and O–H groups in total. The molecule has 0 aliphatic carbocycles. The maximum absolute atomic E-state index is 11.8. The first-order valence-corrected chi connectivity index (χ1v) is 10.6. The van der Waals surface area contributed by atoms with Crippen molar-refractivity contribution in [1.29, 1.82) is 0 Å². The number of nitrogens with zero attached hydrogens (tertiary/aromatic N) is 1. The van der Waals surface area contributed by atoms with Gasteiger partial charge in [-0.25, -0.2) is 0 Å². The molecule has 130 valence electrons. The van der Waals surface area contributed by atoms with Crippen LogP contribution in [0.1, 0.15) is 39.4 Å². The van der Waals surface area contributed by atoms with Gasteiger partial charge in [-0.05, 0) is 37.2 Å². The van der Waals surface area contributed by atoms with Crippen molar-refractivity contribution in [3.8, 4) is 0 Å². The average molecular weight is 341 g/mol. The number of carbonyl (C=O) groups is 1. The third-order valence-corrected chi connectivity index (χ3v) is 9.31. The number of aldehydes is 1. The fourth-order valence-corrected chi connectivity index (χ4v) is 3.14. The molecule has 6 nitrogen and oxygen atoms in total. The van der Waals surface area contributed by atoms with E-state index >= 15 is 0 Å². The first-order chi connectivity index (χ1) is 10.4. The van der Waals surface area contributed by atoms with E-state index in [1.54, 1.807) is 19.1 Å². The Kier molecular flexibility index (Phi) is 5.93. The first-order valence-electron chi connectivity index (χ1n) is 7.68. The van der Waals surface area contributed by atoms with Crippen LogP contribution in [0.25, 0.3) is 0 Å². The molecule has 1 heterocycles. The Morgan fingerprint density at radius 1 is 1.39 bits per heavy atom. The lowest BCUT2D eigenvalue weighted by Gasteiger charge is -2.39. The minimum Gasteiger partial charge on any atom is -0.469 e. The SMILES string of the molecule is CC(C)(C)[Si](C)(C)OC[C@@](C)(C=O)[C@H](C[N+](=O)[O-])c1ccco1. The summed E-state index contributed by atoms with van der Waals surface area (Å²) >= 11 is 0. The maximum Gasteiger partial charge on any atom is 0.214 e. The number of furan rings is 1. The summed E-state index contributed by atoms with van der Waals surface area (Å²) in [7, 11) is -2.06. The Bertz CT molecular complexity index is 535. The normalized spacial score (nSPS) is 16.6. The minimum atomic E-state index is -2.06. The molecule has 1 aromatic rings. The van der Waals surface area contributed by atoms with E-state index in [-0.39, 0.29) is 18.2 Å². The van der Waals surface area contributed by atoms with E-state index in [0.717, 1.165) is 6.29 Å². The maximum atomic E-state index is 11.8. The molecule has 0 amide bonds. The highest BCUT2D eigenvalue weighted by atomic mass is 28.4. The van der Waals surface area contributed by atoms with Gasteiger partial charge in [-0.15, -0.1) is 0 Å². The molecular formula is C16H27NO5Si. The minimum absolute atomic E-state index is 0.0000758. The van der Waals surface area contributed by atoms with Gasteiger partial charge in [0.05, 0.1) is 17.6 Å². The summed E-state index contributed by atoms with van der Waals surface area (Å²) in [6.07, 6.45) is 2.22. The number of hydrogen-bond acceptors (Lipinski definition) is 5. The molecule has 2 atom stereocenters. The monoisotopic (exact) mass is 341 g/mol. The van der Waals surface area contributed by atoms with Crippen molar-refractivity contribution in [3.05, 3.63) is 34.3 Å². The van der Waals surface area contributed by atoms with Gasteiger partial charge < -0.3 is 13.6 Å². The van der Waals surface area contributed by atoms with Gasteiger partial charge in [0, 0.05) is 11.5 Å². The van der Waals surface area contributed by atoms with Crippen LogP contribution < -0.4 is 0 Å². The third-order valence-electron chi connectivity index (χ3n) is 4.83. The molecule has 0 bridgehead atoms. The molecule has 0 aliphatic rings. The summed E-state index contributed by atoms with van der Waals surface area (Å²) in [5.74, 6) is -0.218. The van der Waals surface area contributed by atoms with E-state index in [2.05, 4.69) is 33.9 Å². The second-order valence-electron chi connectivity index (χ2n) is 7.76. The van der Waals surface area contributed by atoms with Gasteiger partial charge in [-0.3, -0.25) is 10.1 Å². The van der Waals surface area contributed by atoms with Crippen LogP contribution in [0.2, 0.25) is 18.1 Å². The number of carbonyl (C=O) groups excluding carboxylic acids is 1. The van der Waals surface area contributed by atoms with Crippen LogP contribution in [0.5, 0.6) is 0 Å². The van der Waals surface area contributed by atoms with Gasteiger partial charge in [0.25, 0.3) is 0 Å². The largest absolute Gasteiger partial charge is 0.469 e. The smallest absolute Gasteiger partial charge is 0.214 e. The highest BCUT2D eigenvalue weighted by Gasteiger charge is 2.44. The zero-order valence-electron chi connectivity index (χ0n) is 14.8. The standard InChI is InChI=1S/C16H27NO5Si/c1-15(2,3)23(5,6)22-12-16(4,11-18)13(10-17(19)20)14-8-7-9-21-14/h7-9,11,13H,10,12H2,1-6H3/t13-,16-/m1/s1. The summed E-state index contributed by atoms with van der Waals surface area (Å²) in [6.45, 7) is 12.0. The van der Waals surface area contributed by atoms with E-state index in [0.29, 0.717) is 5.76 Å².